The molecule has 2 heterocycles. The van der Waals surface area contributed by atoms with Gasteiger partial charge in [-0.1, -0.05) is 83.5 Å². The minimum atomic E-state index is -0.0194. The molecule has 160 valence electrons. The molecule has 0 saturated carbocycles. The van der Waals surface area contributed by atoms with Crippen molar-refractivity contribution >= 4 is 40.7 Å². The summed E-state index contributed by atoms with van der Waals surface area (Å²) in [5.74, 6) is 1.21. The molecule has 3 aromatic carbocycles. The lowest BCUT2D eigenvalue weighted by Crippen LogP contribution is -2.19. The molecule has 0 amide bonds. The van der Waals surface area contributed by atoms with E-state index in [1.807, 2.05) is 67.6 Å². The number of halogens is 2. The van der Waals surface area contributed by atoms with Gasteiger partial charge in [0.1, 0.15) is 12.4 Å². The number of ether oxygens (including phenoxy) is 1. The Hall–Kier alpha value is -2.80. The van der Waals surface area contributed by atoms with Gasteiger partial charge in [-0.2, -0.15) is 9.78 Å². The van der Waals surface area contributed by atoms with Crippen LogP contribution < -0.4 is 4.74 Å². The van der Waals surface area contributed by atoms with E-state index in [0.717, 1.165) is 22.4 Å². The fraction of sp³-hybridized carbons (Fsp3) is 0.125. The van der Waals surface area contributed by atoms with Crippen LogP contribution in [0.2, 0.25) is 10.0 Å². The summed E-state index contributed by atoms with van der Waals surface area (Å²) in [4.78, 5) is 0. The highest BCUT2D eigenvalue weighted by molar-refractivity contribution is 8.00. The van der Waals surface area contributed by atoms with Gasteiger partial charge in [0.15, 0.2) is 5.82 Å². The highest BCUT2D eigenvalue weighted by Gasteiger charge is 2.30. The van der Waals surface area contributed by atoms with E-state index in [4.69, 9.17) is 33.0 Å². The third kappa shape index (κ3) is 4.26. The third-order valence-corrected chi connectivity index (χ3v) is 6.80. The monoisotopic (exact) mass is 480 g/mol. The van der Waals surface area contributed by atoms with Gasteiger partial charge in [-0.05, 0) is 47.9 Å². The van der Waals surface area contributed by atoms with Gasteiger partial charge in [0, 0.05) is 5.02 Å². The smallest absolute Gasteiger partial charge is 0.213 e. The van der Waals surface area contributed by atoms with Crippen LogP contribution in [0.15, 0.2) is 83.1 Å². The maximum absolute atomic E-state index is 6.27. The van der Waals surface area contributed by atoms with E-state index >= 15 is 0 Å². The Balaban J connectivity index is 1.51. The summed E-state index contributed by atoms with van der Waals surface area (Å²) in [7, 11) is 0. The van der Waals surface area contributed by atoms with Crippen LogP contribution in [0.1, 0.15) is 27.8 Å². The molecule has 0 N–H and O–H groups in total. The second-order valence-corrected chi connectivity index (χ2v) is 9.25. The van der Waals surface area contributed by atoms with Crippen LogP contribution >= 0.6 is 35.0 Å². The highest BCUT2D eigenvalue weighted by atomic mass is 35.5. The molecule has 1 atom stereocenters. The minimum Gasteiger partial charge on any atom is -0.484 e. The van der Waals surface area contributed by atoms with E-state index in [9.17, 15) is 0 Å². The van der Waals surface area contributed by atoms with Gasteiger partial charge >= 0.3 is 0 Å². The lowest BCUT2D eigenvalue weighted by Gasteiger charge is -2.23. The summed E-state index contributed by atoms with van der Waals surface area (Å²) in [5, 5.41) is 15.6. The van der Waals surface area contributed by atoms with Crippen LogP contribution in [0.5, 0.6) is 5.75 Å². The fourth-order valence-corrected chi connectivity index (χ4v) is 4.86. The summed E-state index contributed by atoms with van der Waals surface area (Å²) in [6.07, 6.45) is 0. The molecule has 0 bridgehead atoms. The van der Waals surface area contributed by atoms with Gasteiger partial charge in [-0.15, -0.1) is 10.2 Å². The van der Waals surface area contributed by atoms with E-state index in [2.05, 4.69) is 22.3 Å². The Morgan fingerprint density at radius 1 is 0.969 bits per heavy atom. The van der Waals surface area contributed by atoms with Crippen molar-refractivity contribution in [2.24, 2.45) is 5.10 Å². The van der Waals surface area contributed by atoms with Crippen LogP contribution in [0.25, 0.3) is 0 Å². The Morgan fingerprint density at radius 2 is 1.75 bits per heavy atom. The average Bonchev–Trinajstić information content (AvgIpc) is 3.22. The number of aryl methyl sites for hydroxylation is 1. The van der Waals surface area contributed by atoms with E-state index < -0.39 is 0 Å². The molecular weight excluding hydrogens is 463 g/mol. The molecule has 0 saturated heterocycles. The van der Waals surface area contributed by atoms with Gasteiger partial charge in [-0.3, -0.25) is 0 Å². The predicted octanol–water partition coefficient (Wildman–Crippen LogP) is 6.57. The highest BCUT2D eigenvalue weighted by Crippen LogP contribution is 2.41. The van der Waals surface area contributed by atoms with E-state index in [-0.39, 0.29) is 11.9 Å². The molecule has 4 aromatic rings. The Kier molecular flexibility index (Phi) is 5.91. The summed E-state index contributed by atoms with van der Waals surface area (Å²) in [5.41, 5.74) is 4.10. The maximum Gasteiger partial charge on any atom is 0.213 e. The quantitative estimate of drug-likeness (QED) is 0.324. The number of thioether (sulfide) groups is 1. The molecule has 5 nitrogen and oxygen atoms in total. The first kappa shape index (κ1) is 21.1. The molecule has 32 heavy (non-hydrogen) atoms. The summed E-state index contributed by atoms with van der Waals surface area (Å²) >= 11 is 14.0. The number of benzene rings is 3. The second-order valence-electron chi connectivity index (χ2n) is 7.33. The molecule has 1 unspecified atom stereocenters. The molecule has 8 heteroatoms. The molecule has 0 spiro atoms. The first-order valence-electron chi connectivity index (χ1n) is 9.98. The minimum absolute atomic E-state index is 0.0194. The van der Waals surface area contributed by atoms with Crippen molar-refractivity contribution in [2.45, 2.75) is 23.9 Å². The van der Waals surface area contributed by atoms with Crippen LogP contribution in [-0.2, 0) is 6.61 Å². The van der Waals surface area contributed by atoms with Gasteiger partial charge in [0.2, 0.25) is 5.16 Å². The number of nitrogens with zero attached hydrogens (tertiary/aromatic N) is 4. The SMILES string of the molecule is Cc1ccc(Cl)c(OCc2nnc3n2N=C(c2ccc(Cl)cc2)C(c2ccccc2)S3)c1. The third-order valence-electron chi connectivity index (χ3n) is 5.04. The topological polar surface area (TPSA) is 52.3 Å². The van der Waals surface area contributed by atoms with Crippen LogP contribution in [0, 0.1) is 6.92 Å². The lowest BCUT2D eigenvalue weighted by molar-refractivity contribution is 0.290. The van der Waals surface area contributed by atoms with Gasteiger partial charge in [0.05, 0.1) is 16.0 Å². The van der Waals surface area contributed by atoms with Crippen molar-refractivity contribution in [3.05, 3.63) is 105 Å². The van der Waals surface area contributed by atoms with Crippen molar-refractivity contribution in [2.75, 3.05) is 0 Å². The van der Waals surface area contributed by atoms with E-state index in [1.54, 1.807) is 16.4 Å². The first-order valence-corrected chi connectivity index (χ1v) is 11.6. The van der Waals surface area contributed by atoms with Gasteiger partial charge in [-0.25, -0.2) is 0 Å². The molecule has 0 fully saturated rings. The molecule has 1 aliphatic heterocycles. The molecule has 1 aliphatic rings. The average molecular weight is 481 g/mol. The van der Waals surface area contributed by atoms with Crippen molar-refractivity contribution in [1.82, 2.24) is 14.9 Å². The van der Waals surface area contributed by atoms with Crippen LogP contribution in [0.3, 0.4) is 0 Å². The summed E-state index contributed by atoms with van der Waals surface area (Å²) in [6.45, 7) is 2.19. The summed E-state index contributed by atoms with van der Waals surface area (Å²) in [6, 6.07) is 23.6. The Labute approximate surface area is 200 Å². The van der Waals surface area contributed by atoms with Crippen molar-refractivity contribution in [3.8, 4) is 5.75 Å². The number of fused-ring (bicyclic) bond motifs is 1. The zero-order chi connectivity index (χ0) is 22.1. The number of aromatic nitrogens is 3. The Bertz CT molecular complexity index is 1290. The largest absolute Gasteiger partial charge is 0.484 e. The normalized spacial score (nSPS) is 15.2. The second kappa shape index (κ2) is 8.98. The molecular formula is C24H18Cl2N4OS. The fourth-order valence-electron chi connectivity index (χ4n) is 3.43. The van der Waals surface area contributed by atoms with Crippen LogP contribution in [0.4, 0.5) is 0 Å². The molecule has 0 aliphatic carbocycles. The molecule has 5 rings (SSSR count). The lowest BCUT2D eigenvalue weighted by atomic mass is 10.0. The van der Waals surface area contributed by atoms with E-state index in [0.29, 0.717) is 26.8 Å². The molecule has 0 radical (unpaired) electrons. The zero-order valence-electron chi connectivity index (χ0n) is 17.1. The van der Waals surface area contributed by atoms with Gasteiger partial charge < -0.3 is 4.74 Å². The first-order chi connectivity index (χ1) is 15.6. The molecule has 1 aromatic heterocycles. The number of hydrogen-bond donors (Lipinski definition) is 0. The summed E-state index contributed by atoms with van der Waals surface area (Å²) < 4.78 is 7.69. The van der Waals surface area contributed by atoms with Crippen molar-refractivity contribution in [1.29, 1.82) is 0 Å². The van der Waals surface area contributed by atoms with E-state index in [1.165, 1.54) is 0 Å². The number of hydrogen-bond acceptors (Lipinski definition) is 5. The predicted molar refractivity (Wildman–Crippen MR) is 129 cm³/mol. The zero-order valence-corrected chi connectivity index (χ0v) is 19.4. The van der Waals surface area contributed by atoms with Crippen LogP contribution in [-0.4, -0.2) is 20.6 Å². The standard InChI is InChI=1S/C24H18Cl2N4OS/c1-15-7-12-19(26)20(13-15)31-14-21-27-28-24-30(21)29-22(16-8-10-18(25)11-9-16)23(32-24)17-5-3-2-4-6-17/h2-13,23H,14H2,1H3. The van der Waals surface area contributed by atoms with Crippen molar-refractivity contribution < 1.29 is 4.74 Å². The van der Waals surface area contributed by atoms with Crippen molar-refractivity contribution in [3.63, 3.8) is 0 Å². The van der Waals surface area contributed by atoms with Gasteiger partial charge in [0.25, 0.3) is 0 Å². The maximum atomic E-state index is 6.27. The number of rotatable bonds is 5. The Morgan fingerprint density at radius 3 is 2.53 bits per heavy atom.